The van der Waals surface area contributed by atoms with Crippen LogP contribution in [0.25, 0.3) is 22.9 Å². The molecule has 0 saturated carbocycles. The number of rotatable bonds is 6. The molecule has 1 heterocycles. The topological polar surface area (TPSA) is 49.8 Å². The second-order valence-corrected chi connectivity index (χ2v) is 5.57. The predicted octanol–water partition coefficient (Wildman–Crippen LogP) is 4.44. The molecular formula is C21H21NO4. The van der Waals surface area contributed by atoms with Gasteiger partial charge < -0.3 is 18.9 Å². The zero-order valence-electron chi connectivity index (χ0n) is 15.3. The maximum Gasteiger partial charge on any atom is 0.161 e. The smallest absolute Gasteiger partial charge is 0.161 e. The van der Waals surface area contributed by atoms with Crippen LogP contribution in [-0.2, 0) is 0 Å². The van der Waals surface area contributed by atoms with Crippen molar-refractivity contribution in [2.24, 2.45) is 0 Å². The van der Waals surface area contributed by atoms with Gasteiger partial charge in [0.15, 0.2) is 23.0 Å². The van der Waals surface area contributed by atoms with Crippen molar-refractivity contribution in [3.8, 4) is 23.0 Å². The highest BCUT2D eigenvalue weighted by Crippen LogP contribution is 2.34. The number of hydrogen-bond donors (Lipinski definition) is 0. The van der Waals surface area contributed by atoms with Crippen molar-refractivity contribution in [3.63, 3.8) is 0 Å². The van der Waals surface area contributed by atoms with E-state index in [1.165, 1.54) is 0 Å². The Morgan fingerprint density at radius 3 is 2.04 bits per heavy atom. The third-order valence-corrected chi connectivity index (χ3v) is 4.14. The van der Waals surface area contributed by atoms with Crippen LogP contribution in [0.15, 0.2) is 42.6 Å². The van der Waals surface area contributed by atoms with Gasteiger partial charge in [0.1, 0.15) is 0 Å². The molecule has 2 aromatic carbocycles. The van der Waals surface area contributed by atoms with Crippen LogP contribution in [0.3, 0.4) is 0 Å². The van der Waals surface area contributed by atoms with Crippen molar-refractivity contribution in [3.05, 3.63) is 53.9 Å². The van der Waals surface area contributed by atoms with Gasteiger partial charge in [0, 0.05) is 11.6 Å². The summed E-state index contributed by atoms with van der Waals surface area (Å²) in [5.74, 6) is 2.76. The van der Waals surface area contributed by atoms with Gasteiger partial charge in [-0.1, -0.05) is 12.1 Å². The van der Waals surface area contributed by atoms with E-state index >= 15 is 0 Å². The molecule has 0 atom stereocenters. The minimum absolute atomic E-state index is 0.675. The summed E-state index contributed by atoms with van der Waals surface area (Å²) in [6.07, 6.45) is 5.73. The Morgan fingerprint density at radius 1 is 0.692 bits per heavy atom. The molecule has 0 unspecified atom stereocenters. The summed E-state index contributed by atoms with van der Waals surface area (Å²) in [6.45, 7) is 0. The molecule has 0 aliphatic rings. The van der Waals surface area contributed by atoms with E-state index in [0.717, 1.165) is 22.0 Å². The van der Waals surface area contributed by atoms with Crippen molar-refractivity contribution in [1.29, 1.82) is 0 Å². The number of nitrogens with zero attached hydrogens (tertiary/aromatic N) is 1. The largest absolute Gasteiger partial charge is 0.493 e. The number of methoxy groups -OCH3 is 4. The fourth-order valence-corrected chi connectivity index (χ4v) is 2.79. The fraction of sp³-hybridized carbons (Fsp3) is 0.190. The van der Waals surface area contributed by atoms with Crippen molar-refractivity contribution >= 4 is 22.9 Å². The van der Waals surface area contributed by atoms with E-state index in [0.29, 0.717) is 23.0 Å². The second kappa shape index (κ2) is 7.78. The van der Waals surface area contributed by atoms with Crippen LogP contribution in [0.4, 0.5) is 0 Å². The summed E-state index contributed by atoms with van der Waals surface area (Å²) < 4.78 is 21.4. The molecule has 0 bridgehead atoms. The standard InChI is InChI=1S/C21H21NO4/c1-23-18-8-6-14(11-19(18)24-2)5-7-17-16-13-21(26-4)20(25-3)12-15(16)9-10-22-17/h5-13H,1-4H3. The van der Waals surface area contributed by atoms with Gasteiger partial charge in [0.05, 0.1) is 34.1 Å². The monoisotopic (exact) mass is 351 g/mol. The average molecular weight is 351 g/mol. The molecule has 0 fully saturated rings. The van der Waals surface area contributed by atoms with E-state index in [-0.39, 0.29) is 0 Å². The molecule has 3 rings (SSSR count). The number of hydrogen-bond acceptors (Lipinski definition) is 5. The first-order chi connectivity index (χ1) is 12.7. The molecule has 0 amide bonds. The van der Waals surface area contributed by atoms with E-state index in [4.69, 9.17) is 18.9 Å². The zero-order chi connectivity index (χ0) is 18.5. The van der Waals surface area contributed by atoms with Crippen LogP contribution in [0.1, 0.15) is 11.3 Å². The number of pyridine rings is 1. The maximum atomic E-state index is 5.41. The summed E-state index contributed by atoms with van der Waals surface area (Å²) >= 11 is 0. The van der Waals surface area contributed by atoms with Crippen LogP contribution < -0.4 is 18.9 Å². The first kappa shape index (κ1) is 17.6. The lowest BCUT2D eigenvalue weighted by Crippen LogP contribution is -1.92. The fourth-order valence-electron chi connectivity index (χ4n) is 2.79. The third kappa shape index (κ3) is 3.42. The Kier molecular flexibility index (Phi) is 5.27. The maximum absolute atomic E-state index is 5.41. The summed E-state index contributed by atoms with van der Waals surface area (Å²) in [5, 5.41) is 2.02. The molecule has 0 aliphatic carbocycles. The van der Waals surface area contributed by atoms with E-state index in [1.807, 2.05) is 48.6 Å². The van der Waals surface area contributed by atoms with E-state index in [1.54, 1.807) is 34.6 Å². The van der Waals surface area contributed by atoms with Gasteiger partial charge in [-0.25, -0.2) is 0 Å². The van der Waals surface area contributed by atoms with Gasteiger partial charge >= 0.3 is 0 Å². The highest BCUT2D eigenvalue weighted by Gasteiger charge is 2.09. The summed E-state index contributed by atoms with van der Waals surface area (Å²) in [7, 11) is 6.49. The number of fused-ring (bicyclic) bond motifs is 1. The first-order valence-corrected chi connectivity index (χ1v) is 8.11. The van der Waals surface area contributed by atoms with Gasteiger partial charge in [0.25, 0.3) is 0 Å². The number of benzene rings is 2. The Balaban J connectivity index is 2.02. The van der Waals surface area contributed by atoms with Gasteiger partial charge in [-0.05, 0) is 47.4 Å². The quantitative estimate of drug-likeness (QED) is 0.657. The lowest BCUT2D eigenvalue weighted by Gasteiger charge is -2.10. The van der Waals surface area contributed by atoms with Gasteiger partial charge in [-0.3, -0.25) is 4.98 Å². The average Bonchev–Trinajstić information content (AvgIpc) is 2.70. The van der Waals surface area contributed by atoms with Crippen molar-refractivity contribution < 1.29 is 18.9 Å². The molecule has 5 heteroatoms. The molecule has 3 aromatic rings. The molecule has 5 nitrogen and oxygen atoms in total. The second-order valence-electron chi connectivity index (χ2n) is 5.57. The summed E-state index contributed by atoms with van der Waals surface area (Å²) in [6, 6.07) is 11.6. The Morgan fingerprint density at radius 2 is 1.35 bits per heavy atom. The predicted molar refractivity (Wildman–Crippen MR) is 103 cm³/mol. The van der Waals surface area contributed by atoms with Crippen LogP contribution in [0.5, 0.6) is 23.0 Å². The van der Waals surface area contributed by atoms with Gasteiger partial charge in [0.2, 0.25) is 0 Å². The molecule has 0 spiro atoms. The molecule has 26 heavy (non-hydrogen) atoms. The van der Waals surface area contributed by atoms with Crippen LogP contribution >= 0.6 is 0 Å². The molecule has 134 valence electrons. The lowest BCUT2D eigenvalue weighted by molar-refractivity contribution is 0.355. The third-order valence-electron chi connectivity index (χ3n) is 4.14. The van der Waals surface area contributed by atoms with Crippen LogP contribution in [0.2, 0.25) is 0 Å². The van der Waals surface area contributed by atoms with E-state index in [9.17, 15) is 0 Å². The lowest BCUT2D eigenvalue weighted by atomic mass is 10.1. The minimum Gasteiger partial charge on any atom is -0.493 e. The van der Waals surface area contributed by atoms with E-state index in [2.05, 4.69) is 4.98 Å². The Labute approximate surface area is 152 Å². The molecular weight excluding hydrogens is 330 g/mol. The Bertz CT molecular complexity index is 950. The zero-order valence-corrected chi connectivity index (χ0v) is 15.3. The SMILES string of the molecule is COc1ccc(C=Cc2nccc3cc(OC)c(OC)cc23)cc1OC. The van der Waals surface area contributed by atoms with Crippen LogP contribution in [0, 0.1) is 0 Å². The normalized spacial score (nSPS) is 10.9. The molecule has 0 N–H and O–H groups in total. The number of ether oxygens (including phenoxy) is 4. The highest BCUT2D eigenvalue weighted by molar-refractivity contribution is 5.93. The summed E-state index contributed by atoms with van der Waals surface area (Å²) in [5.41, 5.74) is 1.83. The molecule has 0 saturated heterocycles. The van der Waals surface area contributed by atoms with Crippen molar-refractivity contribution in [2.75, 3.05) is 28.4 Å². The molecule has 1 aromatic heterocycles. The van der Waals surface area contributed by atoms with E-state index < -0.39 is 0 Å². The summed E-state index contributed by atoms with van der Waals surface area (Å²) in [4.78, 5) is 4.49. The first-order valence-electron chi connectivity index (χ1n) is 8.11. The minimum atomic E-state index is 0.675. The van der Waals surface area contributed by atoms with Crippen molar-refractivity contribution in [1.82, 2.24) is 4.98 Å². The van der Waals surface area contributed by atoms with Crippen LogP contribution in [-0.4, -0.2) is 33.4 Å². The van der Waals surface area contributed by atoms with Crippen molar-refractivity contribution in [2.45, 2.75) is 0 Å². The van der Waals surface area contributed by atoms with Gasteiger partial charge in [-0.15, -0.1) is 0 Å². The number of aromatic nitrogens is 1. The Hall–Kier alpha value is -3.21. The molecule has 0 aliphatic heterocycles. The molecule has 0 radical (unpaired) electrons. The van der Waals surface area contributed by atoms with Gasteiger partial charge in [-0.2, -0.15) is 0 Å². The highest BCUT2D eigenvalue weighted by atomic mass is 16.5.